The third-order valence-corrected chi connectivity index (χ3v) is 4.16. The van der Waals surface area contributed by atoms with Crippen LogP contribution in [0.25, 0.3) is 0 Å². The summed E-state index contributed by atoms with van der Waals surface area (Å²) in [4.78, 5) is 9.80. The van der Waals surface area contributed by atoms with Gasteiger partial charge in [0, 0.05) is 18.2 Å². The predicted octanol–water partition coefficient (Wildman–Crippen LogP) is 1.22. The Kier molecular flexibility index (Phi) is 4.86. The smallest absolute Gasteiger partial charge is 0.275 e. The number of aliphatic hydroxyl groups is 1. The normalized spacial score (nSPS) is 13.3. The number of nitrogens with one attached hydrogen (secondary N) is 1. The molecule has 9 heteroatoms. The summed E-state index contributed by atoms with van der Waals surface area (Å²) in [5, 5.41) is 19.8. The van der Waals surface area contributed by atoms with Gasteiger partial charge >= 0.3 is 0 Å². The lowest BCUT2D eigenvalue weighted by atomic mass is 10.2. The van der Waals surface area contributed by atoms with Gasteiger partial charge in [0.15, 0.2) is 0 Å². The van der Waals surface area contributed by atoms with Gasteiger partial charge in [-0.2, -0.15) is 0 Å². The number of hydrogen-bond donors (Lipinski definition) is 2. The minimum Gasteiger partial charge on any atom is -0.392 e. The molecule has 0 amide bonds. The number of benzene rings is 1. The van der Waals surface area contributed by atoms with Crippen LogP contribution in [0.4, 0.5) is 5.69 Å². The monoisotopic (exact) mass is 308 g/mol. The van der Waals surface area contributed by atoms with E-state index in [0.717, 1.165) is 12.1 Å². The average molecular weight is 309 g/mol. The van der Waals surface area contributed by atoms with Crippen molar-refractivity contribution in [3.8, 4) is 0 Å². The van der Waals surface area contributed by atoms with Crippen molar-refractivity contribution in [2.75, 3.05) is 6.54 Å². The number of nitro benzene ring substituents is 1. The van der Waals surface area contributed by atoms with Gasteiger partial charge in [0.05, 0.1) is 20.9 Å². The van der Waals surface area contributed by atoms with Crippen LogP contribution >= 0.6 is 11.6 Å². The third kappa shape index (κ3) is 3.87. The van der Waals surface area contributed by atoms with Crippen molar-refractivity contribution in [2.24, 2.45) is 0 Å². The average Bonchev–Trinajstić information content (AvgIpc) is 2.29. The summed E-state index contributed by atoms with van der Waals surface area (Å²) in [7, 11) is -3.95. The van der Waals surface area contributed by atoms with Gasteiger partial charge in [0.2, 0.25) is 10.0 Å². The van der Waals surface area contributed by atoms with Gasteiger partial charge in [-0.15, -0.1) is 0 Å². The van der Waals surface area contributed by atoms with Crippen LogP contribution in [0.2, 0.25) is 5.02 Å². The second-order valence-corrected chi connectivity index (χ2v) is 6.18. The van der Waals surface area contributed by atoms with Crippen LogP contribution in [0.5, 0.6) is 0 Å². The van der Waals surface area contributed by atoms with E-state index >= 15 is 0 Å². The van der Waals surface area contributed by atoms with Crippen LogP contribution in [0, 0.1) is 17.0 Å². The minimum atomic E-state index is -3.95. The van der Waals surface area contributed by atoms with Crippen molar-refractivity contribution in [1.82, 2.24) is 4.72 Å². The second kappa shape index (κ2) is 5.83. The van der Waals surface area contributed by atoms with Crippen LogP contribution in [0.15, 0.2) is 17.0 Å². The topological polar surface area (TPSA) is 110 Å². The fourth-order valence-corrected chi connectivity index (χ4v) is 2.74. The first-order valence-electron chi connectivity index (χ1n) is 5.27. The van der Waals surface area contributed by atoms with Crippen LogP contribution in [0.3, 0.4) is 0 Å². The Balaban J connectivity index is 3.25. The van der Waals surface area contributed by atoms with Crippen molar-refractivity contribution in [3.05, 3.63) is 32.8 Å². The van der Waals surface area contributed by atoms with Crippen molar-refractivity contribution < 1.29 is 18.4 Å². The standard InChI is InChI=1S/C10H13ClN2O5S/c1-6(14)5-12-19(17,18)8-3-9(11)7(2)10(4-8)13(15)16/h3-4,6,12,14H,5H2,1-2H3/t6-/m0/s1. The Labute approximate surface area is 115 Å². The zero-order valence-electron chi connectivity index (χ0n) is 10.3. The van der Waals surface area contributed by atoms with Crippen LogP contribution in [-0.4, -0.2) is 31.1 Å². The molecule has 1 aromatic rings. The van der Waals surface area contributed by atoms with Gasteiger partial charge in [0.25, 0.3) is 5.69 Å². The molecule has 106 valence electrons. The molecule has 0 fully saturated rings. The van der Waals surface area contributed by atoms with E-state index in [0.29, 0.717) is 0 Å². The van der Waals surface area contributed by atoms with Crippen LogP contribution < -0.4 is 4.72 Å². The Morgan fingerprint density at radius 1 is 1.53 bits per heavy atom. The molecule has 0 saturated heterocycles. The summed E-state index contributed by atoms with van der Waals surface area (Å²) in [6.07, 6.45) is -0.870. The molecule has 0 saturated carbocycles. The number of rotatable bonds is 5. The molecule has 0 radical (unpaired) electrons. The molecule has 2 N–H and O–H groups in total. The molecule has 0 aliphatic carbocycles. The number of nitrogens with zero attached hydrogens (tertiary/aromatic N) is 1. The lowest BCUT2D eigenvalue weighted by Gasteiger charge is -2.09. The number of nitro groups is 1. The highest BCUT2D eigenvalue weighted by molar-refractivity contribution is 7.89. The van der Waals surface area contributed by atoms with Crippen molar-refractivity contribution in [2.45, 2.75) is 24.8 Å². The van der Waals surface area contributed by atoms with Gasteiger partial charge in [-0.05, 0) is 19.9 Å². The summed E-state index contributed by atoms with van der Waals surface area (Å²) in [5.74, 6) is 0. The van der Waals surface area contributed by atoms with Gasteiger partial charge in [-0.25, -0.2) is 13.1 Å². The molecular weight excluding hydrogens is 296 g/mol. The maximum absolute atomic E-state index is 11.9. The van der Waals surface area contributed by atoms with E-state index in [2.05, 4.69) is 4.72 Å². The van der Waals surface area contributed by atoms with Gasteiger partial charge in [0.1, 0.15) is 0 Å². The third-order valence-electron chi connectivity index (χ3n) is 2.37. The molecule has 0 bridgehead atoms. The first-order valence-corrected chi connectivity index (χ1v) is 7.13. The fourth-order valence-electron chi connectivity index (χ4n) is 1.30. The Morgan fingerprint density at radius 2 is 2.11 bits per heavy atom. The molecule has 0 aliphatic rings. The molecule has 1 aromatic carbocycles. The summed E-state index contributed by atoms with van der Waals surface area (Å²) in [6.45, 7) is 2.65. The first kappa shape index (κ1) is 15.8. The second-order valence-electron chi connectivity index (χ2n) is 4.01. The molecule has 0 aromatic heterocycles. The number of halogens is 1. The lowest BCUT2D eigenvalue weighted by molar-refractivity contribution is -0.385. The first-order chi connectivity index (χ1) is 8.65. The van der Waals surface area contributed by atoms with E-state index in [1.54, 1.807) is 0 Å². The fraction of sp³-hybridized carbons (Fsp3) is 0.400. The Bertz CT molecular complexity index is 600. The van der Waals surface area contributed by atoms with Crippen LogP contribution in [0.1, 0.15) is 12.5 Å². The summed E-state index contributed by atoms with van der Waals surface area (Å²) in [5.41, 5.74) is -0.175. The van der Waals surface area contributed by atoms with Crippen molar-refractivity contribution >= 4 is 27.3 Å². The van der Waals surface area contributed by atoms with Gasteiger partial charge in [-0.1, -0.05) is 11.6 Å². The van der Waals surface area contributed by atoms with Gasteiger partial charge in [-0.3, -0.25) is 10.1 Å². The number of aliphatic hydroxyl groups excluding tert-OH is 1. The zero-order valence-corrected chi connectivity index (χ0v) is 11.8. The number of sulfonamides is 1. The van der Waals surface area contributed by atoms with E-state index < -0.39 is 21.1 Å². The summed E-state index contributed by atoms with van der Waals surface area (Å²) < 4.78 is 25.9. The van der Waals surface area contributed by atoms with Crippen molar-refractivity contribution in [1.29, 1.82) is 0 Å². The highest BCUT2D eigenvalue weighted by Crippen LogP contribution is 2.29. The summed E-state index contributed by atoms with van der Waals surface area (Å²) in [6, 6.07) is 2.07. The molecule has 1 rings (SSSR count). The maximum atomic E-state index is 11.9. The largest absolute Gasteiger partial charge is 0.392 e. The molecular formula is C10H13ClN2O5S. The molecule has 0 aliphatic heterocycles. The SMILES string of the molecule is Cc1c(Cl)cc(S(=O)(=O)NC[C@H](C)O)cc1[N+](=O)[O-]. The Morgan fingerprint density at radius 3 is 2.58 bits per heavy atom. The quantitative estimate of drug-likeness (QED) is 0.627. The van der Waals surface area contributed by atoms with Crippen molar-refractivity contribution in [3.63, 3.8) is 0 Å². The molecule has 1 atom stereocenters. The molecule has 7 nitrogen and oxygen atoms in total. The Hall–Kier alpha value is -1.22. The molecule has 19 heavy (non-hydrogen) atoms. The molecule has 0 heterocycles. The van der Waals surface area contributed by atoms with Crippen LogP contribution in [-0.2, 0) is 10.0 Å². The predicted molar refractivity (Wildman–Crippen MR) is 69.7 cm³/mol. The lowest BCUT2D eigenvalue weighted by Crippen LogP contribution is -2.30. The number of hydrogen-bond acceptors (Lipinski definition) is 5. The van der Waals surface area contributed by atoms with E-state index in [-0.39, 0.29) is 27.7 Å². The maximum Gasteiger partial charge on any atom is 0.275 e. The van der Waals surface area contributed by atoms with E-state index in [4.69, 9.17) is 16.7 Å². The summed E-state index contributed by atoms with van der Waals surface area (Å²) >= 11 is 5.79. The van der Waals surface area contributed by atoms with Gasteiger partial charge < -0.3 is 5.11 Å². The van der Waals surface area contributed by atoms with E-state index in [1.165, 1.54) is 13.8 Å². The highest BCUT2D eigenvalue weighted by Gasteiger charge is 2.22. The molecule has 0 spiro atoms. The highest BCUT2D eigenvalue weighted by atomic mass is 35.5. The van der Waals surface area contributed by atoms with E-state index in [9.17, 15) is 18.5 Å². The molecule has 0 unspecified atom stereocenters. The van der Waals surface area contributed by atoms with E-state index in [1.807, 2.05) is 0 Å². The zero-order chi connectivity index (χ0) is 14.8. The minimum absolute atomic E-state index is 0.00776.